The smallest absolute Gasteiger partial charge is 0.313 e. The van der Waals surface area contributed by atoms with Crippen molar-refractivity contribution < 1.29 is 22.9 Å². The normalized spacial score (nSPS) is 10.7. The third kappa shape index (κ3) is 4.83. The molecule has 1 heterocycles. The van der Waals surface area contributed by atoms with Gasteiger partial charge in [0.1, 0.15) is 11.6 Å². The highest BCUT2D eigenvalue weighted by Crippen LogP contribution is 2.12. The number of anilines is 1. The van der Waals surface area contributed by atoms with Crippen molar-refractivity contribution in [3.05, 3.63) is 41.5 Å². The number of rotatable bonds is 5. The van der Waals surface area contributed by atoms with E-state index in [1.54, 1.807) is 0 Å². The van der Waals surface area contributed by atoms with Crippen molar-refractivity contribution in [3.8, 4) is 0 Å². The standard InChI is InChI=1S/C15H16F2N4O3/c1-8(2)13-20-12(24-21-13)3-4-18-14(22)15(23)19-11-6-9(16)5-10(17)7-11/h5-8H,3-4H2,1-2H3,(H,18,22)(H,19,23). The third-order valence-corrected chi connectivity index (χ3v) is 2.95. The van der Waals surface area contributed by atoms with Crippen molar-refractivity contribution in [2.75, 3.05) is 11.9 Å². The first-order chi connectivity index (χ1) is 11.3. The van der Waals surface area contributed by atoms with Crippen LogP contribution in [0.4, 0.5) is 14.5 Å². The summed E-state index contributed by atoms with van der Waals surface area (Å²) in [6.45, 7) is 3.93. The molecule has 2 aromatic rings. The molecule has 0 unspecified atom stereocenters. The lowest BCUT2D eigenvalue weighted by atomic mass is 10.2. The summed E-state index contributed by atoms with van der Waals surface area (Å²) in [6.07, 6.45) is 0.257. The fourth-order valence-corrected chi connectivity index (χ4v) is 1.78. The average molecular weight is 338 g/mol. The van der Waals surface area contributed by atoms with Gasteiger partial charge in [-0.05, 0) is 12.1 Å². The van der Waals surface area contributed by atoms with E-state index in [-0.39, 0.29) is 24.6 Å². The molecule has 0 fully saturated rings. The number of aromatic nitrogens is 2. The summed E-state index contributed by atoms with van der Waals surface area (Å²) in [7, 11) is 0. The number of nitrogens with zero attached hydrogens (tertiary/aromatic N) is 2. The number of hydrogen-bond acceptors (Lipinski definition) is 5. The van der Waals surface area contributed by atoms with Gasteiger partial charge in [0.2, 0.25) is 5.89 Å². The second kappa shape index (κ2) is 7.62. The number of nitrogens with one attached hydrogen (secondary N) is 2. The number of halogens is 2. The maximum atomic E-state index is 13.0. The molecule has 9 heteroatoms. The molecule has 1 aromatic heterocycles. The van der Waals surface area contributed by atoms with Crippen molar-refractivity contribution in [1.82, 2.24) is 15.5 Å². The van der Waals surface area contributed by atoms with Crippen molar-refractivity contribution in [2.45, 2.75) is 26.2 Å². The van der Waals surface area contributed by atoms with Crippen LogP contribution in [0.25, 0.3) is 0 Å². The minimum Gasteiger partial charge on any atom is -0.347 e. The van der Waals surface area contributed by atoms with Crippen LogP contribution in [0.5, 0.6) is 0 Å². The Kier molecular flexibility index (Phi) is 5.56. The van der Waals surface area contributed by atoms with Crippen molar-refractivity contribution in [2.24, 2.45) is 0 Å². The zero-order chi connectivity index (χ0) is 17.7. The molecule has 0 saturated heterocycles. The Bertz CT molecular complexity index is 726. The molecule has 2 rings (SSSR count). The van der Waals surface area contributed by atoms with Crippen LogP contribution in [0.1, 0.15) is 31.5 Å². The van der Waals surface area contributed by atoms with Gasteiger partial charge in [-0.1, -0.05) is 19.0 Å². The van der Waals surface area contributed by atoms with Crippen LogP contribution < -0.4 is 10.6 Å². The molecule has 2 N–H and O–H groups in total. The summed E-state index contributed by atoms with van der Waals surface area (Å²) >= 11 is 0. The Morgan fingerprint density at radius 3 is 2.42 bits per heavy atom. The molecule has 1 aromatic carbocycles. The van der Waals surface area contributed by atoms with E-state index in [2.05, 4.69) is 20.8 Å². The molecule has 0 saturated carbocycles. The SMILES string of the molecule is CC(C)c1noc(CCNC(=O)C(=O)Nc2cc(F)cc(F)c2)n1. The minimum atomic E-state index is -1.03. The fraction of sp³-hybridized carbons (Fsp3) is 0.333. The molecule has 0 aliphatic heterocycles. The zero-order valence-corrected chi connectivity index (χ0v) is 13.1. The van der Waals surface area contributed by atoms with Gasteiger partial charge in [0.25, 0.3) is 0 Å². The molecule has 128 valence electrons. The molecule has 0 radical (unpaired) electrons. The van der Waals surface area contributed by atoms with E-state index >= 15 is 0 Å². The number of hydrogen-bond donors (Lipinski definition) is 2. The van der Waals surface area contributed by atoms with Gasteiger partial charge in [0, 0.05) is 30.6 Å². The molecule has 0 aliphatic carbocycles. The summed E-state index contributed by atoms with van der Waals surface area (Å²) < 4.78 is 31.0. The van der Waals surface area contributed by atoms with Gasteiger partial charge in [-0.2, -0.15) is 4.98 Å². The van der Waals surface area contributed by atoms with Crippen LogP contribution in [-0.2, 0) is 16.0 Å². The number of carbonyl (C=O) groups excluding carboxylic acids is 2. The Balaban J connectivity index is 1.82. The predicted octanol–water partition coefficient (Wildman–Crippen LogP) is 1.77. The molecule has 0 bridgehead atoms. The largest absolute Gasteiger partial charge is 0.347 e. The lowest BCUT2D eigenvalue weighted by Gasteiger charge is -2.06. The van der Waals surface area contributed by atoms with E-state index in [0.29, 0.717) is 17.8 Å². The van der Waals surface area contributed by atoms with Gasteiger partial charge in [0.05, 0.1) is 0 Å². The first-order valence-electron chi connectivity index (χ1n) is 7.23. The first kappa shape index (κ1) is 17.5. The van der Waals surface area contributed by atoms with E-state index in [0.717, 1.165) is 12.1 Å². The number of amides is 2. The summed E-state index contributed by atoms with van der Waals surface area (Å²) in [5.74, 6) is -2.67. The lowest BCUT2D eigenvalue weighted by Crippen LogP contribution is -2.36. The highest BCUT2D eigenvalue weighted by Gasteiger charge is 2.15. The quantitative estimate of drug-likeness (QED) is 0.810. The molecular formula is C15H16F2N4O3. The van der Waals surface area contributed by atoms with Gasteiger partial charge < -0.3 is 15.2 Å². The van der Waals surface area contributed by atoms with Crippen LogP contribution in [0.2, 0.25) is 0 Å². The Morgan fingerprint density at radius 2 is 1.83 bits per heavy atom. The van der Waals surface area contributed by atoms with Gasteiger partial charge in [-0.15, -0.1) is 0 Å². The average Bonchev–Trinajstić information content (AvgIpc) is 2.95. The molecule has 0 aliphatic rings. The van der Waals surface area contributed by atoms with Crippen LogP contribution in [0.15, 0.2) is 22.7 Å². The van der Waals surface area contributed by atoms with Crippen LogP contribution in [0, 0.1) is 11.6 Å². The Labute approximate surface area is 136 Å². The maximum Gasteiger partial charge on any atom is 0.313 e. The van der Waals surface area contributed by atoms with Gasteiger partial charge in [-0.25, -0.2) is 8.78 Å². The highest BCUT2D eigenvalue weighted by atomic mass is 19.1. The summed E-state index contributed by atoms with van der Waals surface area (Å²) in [4.78, 5) is 27.4. The third-order valence-electron chi connectivity index (χ3n) is 2.95. The zero-order valence-electron chi connectivity index (χ0n) is 13.1. The van der Waals surface area contributed by atoms with Gasteiger partial charge in [-0.3, -0.25) is 9.59 Å². The predicted molar refractivity (Wildman–Crippen MR) is 80.1 cm³/mol. The molecule has 0 spiro atoms. The molecular weight excluding hydrogens is 322 g/mol. The summed E-state index contributed by atoms with van der Waals surface area (Å²) in [6, 6.07) is 2.46. The van der Waals surface area contributed by atoms with Gasteiger partial charge in [0.15, 0.2) is 5.82 Å². The number of benzene rings is 1. The Hall–Kier alpha value is -2.84. The van der Waals surface area contributed by atoms with E-state index in [4.69, 9.17) is 4.52 Å². The monoisotopic (exact) mass is 338 g/mol. The number of carbonyl (C=O) groups is 2. The lowest BCUT2D eigenvalue weighted by molar-refractivity contribution is -0.136. The van der Waals surface area contributed by atoms with Crippen LogP contribution in [0.3, 0.4) is 0 Å². The maximum absolute atomic E-state index is 13.0. The van der Waals surface area contributed by atoms with Crippen LogP contribution in [-0.4, -0.2) is 28.5 Å². The van der Waals surface area contributed by atoms with E-state index in [1.165, 1.54) is 0 Å². The van der Waals surface area contributed by atoms with Crippen LogP contribution >= 0.6 is 0 Å². The minimum absolute atomic E-state index is 0.101. The topological polar surface area (TPSA) is 97.1 Å². The molecule has 2 amide bonds. The van der Waals surface area contributed by atoms with Crippen molar-refractivity contribution >= 4 is 17.5 Å². The van der Waals surface area contributed by atoms with Gasteiger partial charge >= 0.3 is 11.8 Å². The highest BCUT2D eigenvalue weighted by molar-refractivity contribution is 6.39. The van der Waals surface area contributed by atoms with E-state index in [1.807, 2.05) is 13.8 Å². The van der Waals surface area contributed by atoms with E-state index < -0.39 is 23.4 Å². The first-order valence-corrected chi connectivity index (χ1v) is 7.23. The van der Waals surface area contributed by atoms with Crippen molar-refractivity contribution in [1.29, 1.82) is 0 Å². The molecule has 7 nitrogen and oxygen atoms in total. The van der Waals surface area contributed by atoms with E-state index in [9.17, 15) is 18.4 Å². The molecule has 0 atom stereocenters. The Morgan fingerprint density at radius 1 is 1.17 bits per heavy atom. The second-order valence-corrected chi connectivity index (χ2v) is 5.32. The fourth-order valence-electron chi connectivity index (χ4n) is 1.78. The van der Waals surface area contributed by atoms with Crippen molar-refractivity contribution in [3.63, 3.8) is 0 Å². The second-order valence-electron chi connectivity index (χ2n) is 5.32. The summed E-state index contributed by atoms with van der Waals surface area (Å²) in [5, 5.41) is 8.23. The molecule has 24 heavy (non-hydrogen) atoms. The summed E-state index contributed by atoms with van der Waals surface area (Å²) in [5.41, 5.74) is -0.147.